The molecule has 2 N–H and O–H groups in total. The lowest BCUT2D eigenvalue weighted by Gasteiger charge is -2.18. The molecule has 0 saturated carbocycles. The molecule has 0 radical (unpaired) electrons. The van der Waals surface area contributed by atoms with Crippen LogP contribution in [0.15, 0.2) is 58.7 Å². The summed E-state index contributed by atoms with van der Waals surface area (Å²) in [4.78, 5) is 38.1. The Morgan fingerprint density at radius 3 is 2.45 bits per heavy atom. The van der Waals surface area contributed by atoms with Crippen LogP contribution in [0, 0.1) is 0 Å². The number of aliphatic hydroxyl groups is 1. The number of esters is 1. The molecule has 0 aliphatic carbocycles. The molecule has 168 valence electrons. The van der Waals surface area contributed by atoms with Crippen LogP contribution in [0.1, 0.15) is 32.0 Å². The summed E-state index contributed by atoms with van der Waals surface area (Å²) in [7, 11) is 1.28. The minimum Gasteiger partial charge on any atom is -0.477 e. The van der Waals surface area contributed by atoms with Gasteiger partial charge in [-0.25, -0.2) is 9.59 Å². The zero-order valence-corrected chi connectivity index (χ0v) is 18.9. The van der Waals surface area contributed by atoms with Crippen molar-refractivity contribution < 1.29 is 24.5 Å². The van der Waals surface area contributed by atoms with Crippen molar-refractivity contribution in [3.05, 3.63) is 91.7 Å². The predicted octanol–water partition coefficient (Wildman–Crippen LogP) is 4.41. The van der Waals surface area contributed by atoms with Gasteiger partial charge in [-0.1, -0.05) is 23.7 Å². The summed E-state index contributed by atoms with van der Waals surface area (Å²) >= 11 is 7.47. The van der Waals surface area contributed by atoms with Crippen molar-refractivity contribution in [1.29, 1.82) is 0 Å². The molecule has 4 aromatic rings. The van der Waals surface area contributed by atoms with Crippen LogP contribution in [0.3, 0.4) is 0 Å². The fraction of sp³-hybridized carbons (Fsp3) is 0.125. The largest absolute Gasteiger partial charge is 0.477 e. The van der Waals surface area contributed by atoms with Crippen LogP contribution in [-0.2, 0) is 17.9 Å². The third kappa shape index (κ3) is 4.16. The second-order valence-electron chi connectivity index (χ2n) is 7.23. The minimum atomic E-state index is -1.28. The Kier molecular flexibility index (Phi) is 6.33. The van der Waals surface area contributed by atoms with Gasteiger partial charge in [0.15, 0.2) is 0 Å². The molecular formula is C24H18ClNO6S. The lowest BCUT2D eigenvalue weighted by molar-refractivity contribution is 0.0599. The Morgan fingerprint density at radius 1 is 1.09 bits per heavy atom. The highest BCUT2D eigenvalue weighted by Crippen LogP contribution is 2.38. The van der Waals surface area contributed by atoms with E-state index in [4.69, 9.17) is 16.3 Å². The second-order valence-corrected chi connectivity index (χ2v) is 8.58. The first-order chi connectivity index (χ1) is 15.8. The summed E-state index contributed by atoms with van der Waals surface area (Å²) < 4.78 is 5.90. The fourth-order valence-corrected chi connectivity index (χ4v) is 4.90. The van der Waals surface area contributed by atoms with Crippen LogP contribution in [-0.4, -0.2) is 33.8 Å². The summed E-state index contributed by atoms with van der Waals surface area (Å²) in [5.74, 6) is -1.78. The van der Waals surface area contributed by atoms with Gasteiger partial charge in [0.05, 0.1) is 25.8 Å². The normalized spacial score (nSPS) is 11.0. The van der Waals surface area contributed by atoms with E-state index in [1.54, 1.807) is 53.9 Å². The maximum atomic E-state index is 13.4. The number of halogens is 1. The van der Waals surface area contributed by atoms with Crippen LogP contribution in [0.2, 0.25) is 5.02 Å². The van der Waals surface area contributed by atoms with Crippen LogP contribution < -0.4 is 5.56 Å². The number of ether oxygens (including phenoxy) is 1. The number of thiophene rings is 1. The molecule has 4 rings (SSSR count). The van der Waals surface area contributed by atoms with E-state index in [1.807, 2.05) is 0 Å². The first-order valence-corrected chi connectivity index (χ1v) is 11.1. The Balaban J connectivity index is 2.00. The number of hydrogen-bond acceptors (Lipinski definition) is 6. The number of pyridine rings is 1. The number of nitrogens with zero attached hydrogens (tertiary/aromatic N) is 1. The summed E-state index contributed by atoms with van der Waals surface area (Å²) in [6.45, 7) is -0.318. The number of carboxylic acids is 1. The van der Waals surface area contributed by atoms with Gasteiger partial charge < -0.3 is 14.9 Å². The standard InChI is InChI=1S/C24H18ClNO6S/c1-32-24(31)14-4-2-13(3-5-14)11-26-20(23(29)30)19(21-15(12-27)8-9-33-21)18-10-16(25)6-7-17(18)22(26)28/h2-10,27H,11-12H2,1H3,(H,29,30). The number of aromatic carboxylic acids is 1. The molecule has 0 aliphatic rings. The number of rotatable bonds is 6. The predicted molar refractivity (Wildman–Crippen MR) is 126 cm³/mol. The molecule has 0 saturated heterocycles. The van der Waals surface area contributed by atoms with Gasteiger partial charge in [-0.15, -0.1) is 11.3 Å². The van der Waals surface area contributed by atoms with E-state index in [0.717, 1.165) is 0 Å². The number of benzene rings is 2. The first-order valence-electron chi connectivity index (χ1n) is 9.80. The molecule has 2 aromatic carbocycles. The van der Waals surface area contributed by atoms with Crippen molar-refractivity contribution in [3.63, 3.8) is 0 Å². The first kappa shape index (κ1) is 22.7. The van der Waals surface area contributed by atoms with Gasteiger partial charge in [-0.2, -0.15) is 0 Å². The molecule has 0 atom stereocenters. The number of aromatic nitrogens is 1. The Hall–Kier alpha value is -3.46. The summed E-state index contributed by atoms with van der Waals surface area (Å²) in [6.07, 6.45) is 0. The van der Waals surface area contributed by atoms with Crippen molar-refractivity contribution >= 4 is 45.6 Å². The average Bonchev–Trinajstić information content (AvgIpc) is 3.28. The number of aliphatic hydroxyl groups excluding tert-OH is 1. The summed E-state index contributed by atoms with van der Waals surface area (Å²) in [5, 5.41) is 22.8. The third-order valence-electron chi connectivity index (χ3n) is 5.30. The smallest absolute Gasteiger partial charge is 0.353 e. The average molecular weight is 484 g/mol. The molecule has 0 spiro atoms. The highest BCUT2D eigenvalue weighted by atomic mass is 35.5. The molecule has 33 heavy (non-hydrogen) atoms. The highest BCUT2D eigenvalue weighted by Gasteiger charge is 2.25. The molecular weight excluding hydrogens is 466 g/mol. The zero-order valence-electron chi connectivity index (χ0n) is 17.4. The van der Waals surface area contributed by atoms with Gasteiger partial charge in [-0.05, 0) is 58.3 Å². The molecule has 2 heterocycles. The topological polar surface area (TPSA) is 106 Å². The van der Waals surface area contributed by atoms with Crippen molar-refractivity contribution in [1.82, 2.24) is 4.57 Å². The van der Waals surface area contributed by atoms with Gasteiger partial charge in [0.25, 0.3) is 5.56 Å². The van der Waals surface area contributed by atoms with E-state index in [0.29, 0.717) is 42.9 Å². The van der Waals surface area contributed by atoms with Crippen molar-refractivity contribution in [2.24, 2.45) is 0 Å². The molecule has 0 aliphatic heterocycles. The lowest BCUT2D eigenvalue weighted by Crippen LogP contribution is -2.28. The van der Waals surface area contributed by atoms with E-state index in [9.17, 15) is 24.6 Å². The van der Waals surface area contributed by atoms with Crippen molar-refractivity contribution in [3.8, 4) is 10.4 Å². The third-order valence-corrected chi connectivity index (χ3v) is 6.50. The molecule has 0 amide bonds. The van der Waals surface area contributed by atoms with Crippen LogP contribution in [0.25, 0.3) is 21.2 Å². The number of hydrogen-bond donors (Lipinski definition) is 2. The van der Waals surface area contributed by atoms with Crippen molar-refractivity contribution in [2.75, 3.05) is 7.11 Å². The maximum Gasteiger partial charge on any atom is 0.353 e. The van der Waals surface area contributed by atoms with Gasteiger partial charge in [0, 0.05) is 20.8 Å². The van der Waals surface area contributed by atoms with Gasteiger partial charge >= 0.3 is 11.9 Å². The highest BCUT2D eigenvalue weighted by molar-refractivity contribution is 7.14. The van der Waals surface area contributed by atoms with Gasteiger partial charge in [0.1, 0.15) is 5.69 Å². The minimum absolute atomic E-state index is 0.0344. The van der Waals surface area contributed by atoms with E-state index in [2.05, 4.69) is 0 Å². The van der Waals surface area contributed by atoms with E-state index < -0.39 is 17.5 Å². The number of carbonyl (C=O) groups excluding carboxylic acids is 1. The van der Waals surface area contributed by atoms with Gasteiger partial charge in [-0.3, -0.25) is 9.36 Å². The van der Waals surface area contributed by atoms with Gasteiger partial charge in [0.2, 0.25) is 0 Å². The van der Waals surface area contributed by atoms with Crippen LogP contribution >= 0.6 is 22.9 Å². The molecule has 9 heteroatoms. The Labute approximate surface area is 197 Å². The van der Waals surface area contributed by atoms with E-state index in [1.165, 1.54) is 23.0 Å². The lowest BCUT2D eigenvalue weighted by atomic mass is 9.99. The number of carbonyl (C=O) groups is 2. The number of methoxy groups -OCH3 is 1. The SMILES string of the molecule is COC(=O)c1ccc(Cn2c(C(=O)O)c(-c3sccc3CO)c3cc(Cl)ccc3c2=O)cc1. The number of carboxylic acid groups (broad SMARTS) is 1. The van der Waals surface area contributed by atoms with Crippen LogP contribution in [0.5, 0.6) is 0 Å². The quantitative estimate of drug-likeness (QED) is 0.393. The molecule has 7 nitrogen and oxygen atoms in total. The Bertz CT molecular complexity index is 1440. The monoisotopic (exact) mass is 483 g/mol. The second kappa shape index (κ2) is 9.19. The molecule has 0 unspecified atom stereocenters. The molecule has 0 bridgehead atoms. The molecule has 0 fully saturated rings. The zero-order chi connectivity index (χ0) is 23.7. The maximum absolute atomic E-state index is 13.4. The molecule has 2 aromatic heterocycles. The van der Waals surface area contributed by atoms with Crippen LogP contribution in [0.4, 0.5) is 0 Å². The fourth-order valence-electron chi connectivity index (χ4n) is 3.75. The van der Waals surface area contributed by atoms with E-state index >= 15 is 0 Å². The summed E-state index contributed by atoms with van der Waals surface area (Å²) in [6, 6.07) is 12.8. The summed E-state index contributed by atoms with van der Waals surface area (Å²) in [5.41, 5.74) is 1.15. The van der Waals surface area contributed by atoms with Crippen molar-refractivity contribution in [2.45, 2.75) is 13.2 Å². The van der Waals surface area contributed by atoms with E-state index in [-0.39, 0.29) is 18.8 Å². The number of fused-ring (bicyclic) bond motifs is 1. The Morgan fingerprint density at radius 2 is 1.82 bits per heavy atom.